The van der Waals surface area contributed by atoms with Crippen LogP contribution in [0.15, 0.2) is 47.3 Å². The number of nitrogens with zero attached hydrogens (tertiary/aromatic N) is 3. The molecule has 124 valence electrons. The predicted octanol–water partition coefficient (Wildman–Crippen LogP) is 2.99. The molecule has 0 bridgehead atoms. The molecule has 6 nitrogen and oxygen atoms in total. The number of carbonyl (C=O) groups is 1. The van der Waals surface area contributed by atoms with Crippen molar-refractivity contribution in [2.24, 2.45) is 4.99 Å². The van der Waals surface area contributed by atoms with Crippen molar-refractivity contribution in [1.82, 2.24) is 9.78 Å². The molecule has 3 rings (SSSR count). The zero-order chi connectivity index (χ0) is 17.3. The van der Waals surface area contributed by atoms with Crippen LogP contribution in [0.1, 0.15) is 31.9 Å². The van der Waals surface area contributed by atoms with Crippen molar-refractivity contribution < 1.29 is 14.3 Å². The molecule has 0 unspecified atom stereocenters. The quantitative estimate of drug-likeness (QED) is 0.643. The Morgan fingerprint density at radius 3 is 2.67 bits per heavy atom. The average molecular weight is 325 g/mol. The Morgan fingerprint density at radius 2 is 2.00 bits per heavy atom. The lowest BCUT2D eigenvalue weighted by Gasteiger charge is -2.18. The first-order valence-electron chi connectivity index (χ1n) is 7.59. The third kappa shape index (κ3) is 3.08. The van der Waals surface area contributed by atoms with Gasteiger partial charge in [0, 0.05) is 11.8 Å². The van der Waals surface area contributed by atoms with Crippen LogP contribution in [0.4, 0.5) is 0 Å². The molecule has 6 heteroatoms. The van der Waals surface area contributed by atoms with Crippen LogP contribution in [0.25, 0.3) is 6.08 Å². The van der Waals surface area contributed by atoms with Crippen LogP contribution in [0.3, 0.4) is 0 Å². The average Bonchev–Trinajstić information content (AvgIpc) is 3.15. The predicted molar refractivity (Wildman–Crippen MR) is 90.8 cm³/mol. The first-order valence-corrected chi connectivity index (χ1v) is 7.59. The number of cyclic esters (lactones) is 1. The summed E-state index contributed by atoms with van der Waals surface area (Å²) in [7, 11) is 1.56. The van der Waals surface area contributed by atoms with E-state index in [0.29, 0.717) is 11.3 Å². The van der Waals surface area contributed by atoms with Crippen molar-refractivity contribution in [3.05, 3.63) is 53.5 Å². The Labute approximate surface area is 140 Å². The highest BCUT2D eigenvalue weighted by atomic mass is 16.6. The number of carbonyl (C=O) groups excluding carboxylic acids is 1. The van der Waals surface area contributed by atoms with Gasteiger partial charge in [-0.3, -0.25) is 4.68 Å². The normalized spacial score (nSPS) is 16.2. The van der Waals surface area contributed by atoms with Gasteiger partial charge in [0.15, 0.2) is 5.70 Å². The molecular weight excluding hydrogens is 306 g/mol. The fourth-order valence-electron chi connectivity index (χ4n) is 2.28. The van der Waals surface area contributed by atoms with Crippen LogP contribution in [0.2, 0.25) is 0 Å². The summed E-state index contributed by atoms with van der Waals surface area (Å²) < 4.78 is 12.4. The molecule has 0 N–H and O–H groups in total. The van der Waals surface area contributed by atoms with E-state index in [1.165, 1.54) is 0 Å². The van der Waals surface area contributed by atoms with Gasteiger partial charge >= 0.3 is 5.97 Å². The van der Waals surface area contributed by atoms with Crippen molar-refractivity contribution in [3.8, 4) is 5.75 Å². The second-order valence-electron chi connectivity index (χ2n) is 6.43. The lowest BCUT2D eigenvalue weighted by molar-refractivity contribution is -0.129. The van der Waals surface area contributed by atoms with Gasteiger partial charge in [0.25, 0.3) is 0 Å². The SMILES string of the molecule is COc1ccccc1C1=N/C(=C\c2cnn(C(C)(C)C)c2)C(=O)O1. The molecule has 1 aromatic carbocycles. The van der Waals surface area contributed by atoms with E-state index < -0.39 is 5.97 Å². The fourth-order valence-corrected chi connectivity index (χ4v) is 2.28. The fraction of sp³-hybridized carbons (Fsp3) is 0.278. The zero-order valence-electron chi connectivity index (χ0n) is 14.1. The minimum Gasteiger partial charge on any atom is -0.496 e. The van der Waals surface area contributed by atoms with Crippen molar-refractivity contribution >= 4 is 17.9 Å². The van der Waals surface area contributed by atoms with Crippen LogP contribution < -0.4 is 4.74 Å². The monoisotopic (exact) mass is 325 g/mol. The second kappa shape index (κ2) is 5.96. The maximum Gasteiger partial charge on any atom is 0.363 e. The van der Waals surface area contributed by atoms with Gasteiger partial charge in [-0.1, -0.05) is 12.1 Å². The highest BCUT2D eigenvalue weighted by Crippen LogP contribution is 2.25. The molecule has 2 aromatic rings. The smallest absolute Gasteiger partial charge is 0.363 e. The van der Waals surface area contributed by atoms with Gasteiger partial charge in [-0.05, 0) is 39.0 Å². The van der Waals surface area contributed by atoms with Gasteiger partial charge in [-0.15, -0.1) is 0 Å². The Balaban J connectivity index is 1.93. The van der Waals surface area contributed by atoms with Gasteiger partial charge in [-0.2, -0.15) is 5.10 Å². The second-order valence-corrected chi connectivity index (χ2v) is 6.43. The summed E-state index contributed by atoms with van der Waals surface area (Å²) in [6.07, 6.45) is 5.24. The molecular formula is C18H19N3O3. The van der Waals surface area contributed by atoms with E-state index in [-0.39, 0.29) is 17.1 Å². The van der Waals surface area contributed by atoms with Gasteiger partial charge in [0.1, 0.15) is 5.75 Å². The third-order valence-corrected chi connectivity index (χ3v) is 3.55. The Morgan fingerprint density at radius 1 is 1.25 bits per heavy atom. The molecule has 0 amide bonds. The largest absolute Gasteiger partial charge is 0.496 e. The van der Waals surface area contributed by atoms with Crippen LogP contribution in [0.5, 0.6) is 5.75 Å². The molecule has 0 atom stereocenters. The van der Waals surface area contributed by atoms with E-state index in [0.717, 1.165) is 5.56 Å². The maximum atomic E-state index is 12.1. The summed E-state index contributed by atoms with van der Waals surface area (Å²) in [6, 6.07) is 7.27. The molecule has 1 aromatic heterocycles. The highest BCUT2D eigenvalue weighted by molar-refractivity contribution is 6.13. The summed E-state index contributed by atoms with van der Waals surface area (Å²) in [4.78, 5) is 16.4. The third-order valence-electron chi connectivity index (χ3n) is 3.55. The highest BCUT2D eigenvalue weighted by Gasteiger charge is 2.26. The molecule has 1 aliphatic rings. The summed E-state index contributed by atoms with van der Waals surface area (Å²) >= 11 is 0. The first-order chi connectivity index (χ1) is 11.4. The van der Waals surface area contributed by atoms with Crippen LogP contribution >= 0.6 is 0 Å². The minimum atomic E-state index is -0.487. The zero-order valence-corrected chi connectivity index (χ0v) is 14.1. The molecule has 0 fully saturated rings. The molecule has 24 heavy (non-hydrogen) atoms. The van der Waals surface area contributed by atoms with Crippen molar-refractivity contribution in [2.75, 3.05) is 7.11 Å². The number of methoxy groups -OCH3 is 1. The van der Waals surface area contributed by atoms with E-state index in [1.54, 1.807) is 31.5 Å². The van der Waals surface area contributed by atoms with Gasteiger partial charge < -0.3 is 9.47 Å². The summed E-state index contributed by atoms with van der Waals surface area (Å²) in [5.41, 5.74) is 1.55. The van der Waals surface area contributed by atoms with Crippen LogP contribution in [-0.4, -0.2) is 28.8 Å². The van der Waals surface area contributed by atoms with Crippen molar-refractivity contribution in [1.29, 1.82) is 0 Å². The number of aromatic nitrogens is 2. The van der Waals surface area contributed by atoms with E-state index in [2.05, 4.69) is 30.9 Å². The summed E-state index contributed by atoms with van der Waals surface area (Å²) in [5, 5.41) is 4.31. The van der Waals surface area contributed by atoms with Gasteiger partial charge in [0.05, 0.1) is 24.4 Å². The molecule has 1 aliphatic heterocycles. The number of hydrogen-bond acceptors (Lipinski definition) is 5. The molecule has 2 heterocycles. The number of para-hydroxylation sites is 1. The number of rotatable bonds is 3. The Kier molecular flexibility index (Phi) is 3.97. The lowest BCUT2D eigenvalue weighted by atomic mass is 10.1. The number of aliphatic imine (C=N–C) groups is 1. The van der Waals surface area contributed by atoms with Crippen LogP contribution in [-0.2, 0) is 15.1 Å². The first kappa shape index (κ1) is 16.0. The Hall–Kier alpha value is -2.89. The van der Waals surface area contributed by atoms with E-state index in [9.17, 15) is 4.79 Å². The number of benzene rings is 1. The summed E-state index contributed by atoms with van der Waals surface area (Å²) in [6.45, 7) is 6.16. The van der Waals surface area contributed by atoms with Gasteiger partial charge in [0.2, 0.25) is 5.90 Å². The van der Waals surface area contributed by atoms with Crippen molar-refractivity contribution in [2.45, 2.75) is 26.3 Å². The maximum absolute atomic E-state index is 12.1. The molecule has 0 saturated heterocycles. The number of ether oxygens (including phenoxy) is 2. The minimum absolute atomic E-state index is 0.126. The molecule has 0 spiro atoms. The molecule has 0 aliphatic carbocycles. The van der Waals surface area contributed by atoms with E-state index in [1.807, 2.05) is 23.0 Å². The van der Waals surface area contributed by atoms with Gasteiger partial charge in [-0.25, -0.2) is 9.79 Å². The van der Waals surface area contributed by atoms with Crippen molar-refractivity contribution in [3.63, 3.8) is 0 Å². The lowest BCUT2D eigenvalue weighted by Crippen LogP contribution is -2.21. The number of hydrogen-bond donors (Lipinski definition) is 0. The standard InChI is InChI=1S/C18H19N3O3/c1-18(2,3)21-11-12(10-19-21)9-14-17(22)24-16(20-14)13-7-5-6-8-15(13)23-4/h5-11H,1-4H3/b14-9-. The molecule has 0 saturated carbocycles. The Bertz CT molecular complexity index is 841. The molecule has 0 radical (unpaired) electrons. The van der Waals surface area contributed by atoms with Crippen LogP contribution in [0, 0.1) is 0 Å². The summed E-state index contributed by atoms with van der Waals surface area (Å²) in [5.74, 6) is 0.359. The van der Waals surface area contributed by atoms with E-state index in [4.69, 9.17) is 9.47 Å². The number of esters is 1. The van der Waals surface area contributed by atoms with E-state index >= 15 is 0 Å². The topological polar surface area (TPSA) is 65.7 Å².